The van der Waals surface area contributed by atoms with Crippen LogP contribution in [0.1, 0.15) is 6.92 Å². The number of hydrogen-bond donors (Lipinski definition) is 1. The van der Waals surface area contributed by atoms with E-state index in [0.717, 1.165) is 18.8 Å². The van der Waals surface area contributed by atoms with E-state index in [9.17, 15) is 9.90 Å². The van der Waals surface area contributed by atoms with E-state index in [-0.39, 0.29) is 63.9 Å². The maximum atomic E-state index is 9.88. The van der Waals surface area contributed by atoms with Gasteiger partial charge in [-0.3, -0.25) is 0 Å². The van der Waals surface area contributed by atoms with Crippen molar-refractivity contribution in [2.45, 2.75) is 6.92 Å². The third-order valence-electron chi connectivity index (χ3n) is 0.893. The molecule has 11 heavy (non-hydrogen) atoms. The van der Waals surface area contributed by atoms with Crippen molar-refractivity contribution in [2.24, 2.45) is 0 Å². The Balaban J connectivity index is 0. The molecule has 60 valence electrons. The van der Waals surface area contributed by atoms with E-state index in [0.29, 0.717) is 0 Å². The molecular formula is C6H12NO2RbS. The molecule has 0 fully saturated rings. The van der Waals surface area contributed by atoms with E-state index in [4.69, 9.17) is 0 Å². The normalized spacial score (nSPS) is 8.82. The standard InChI is InChI=1S/C6H13NO2S.Rb/c1-2-7-3-4-10-5-6(8)9;/h7H,2-5H2,1H3,(H,8,9);/q;+1/p-1. The van der Waals surface area contributed by atoms with Gasteiger partial charge in [-0.1, -0.05) is 6.92 Å². The first-order valence-corrected chi connectivity index (χ1v) is 4.41. The van der Waals surface area contributed by atoms with Crippen LogP contribution in [0.4, 0.5) is 0 Å². The summed E-state index contributed by atoms with van der Waals surface area (Å²) in [7, 11) is 0. The Bertz CT molecular complexity index is 103. The second kappa shape index (κ2) is 11.6. The molecule has 0 radical (unpaired) electrons. The number of carboxylic acids is 1. The predicted molar refractivity (Wildman–Crippen MR) is 40.9 cm³/mol. The van der Waals surface area contributed by atoms with Gasteiger partial charge in [0.1, 0.15) is 0 Å². The molecule has 1 N–H and O–H groups in total. The molecule has 0 aliphatic heterocycles. The Kier molecular flexibility index (Phi) is 15.9. The van der Waals surface area contributed by atoms with Crippen LogP contribution in [-0.4, -0.2) is 30.6 Å². The molecule has 0 saturated carbocycles. The number of carboxylic acid groups (broad SMARTS) is 1. The van der Waals surface area contributed by atoms with Crippen LogP contribution >= 0.6 is 11.8 Å². The Morgan fingerprint density at radius 1 is 1.64 bits per heavy atom. The van der Waals surface area contributed by atoms with E-state index in [2.05, 4.69) is 5.32 Å². The molecule has 5 heteroatoms. The molecule has 0 aromatic heterocycles. The molecular weight excluding hydrogens is 236 g/mol. The molecule has 0 rings (SSSR count). The number of nitrogens with one attached hydrogen (secondary N) is 1. The topological polar surface area (TPSA) is 52.2 Å². The first-order valence-electron chi connectivity index (χ1n) is 3.25. The zero-order valence-electron chi connectivity index (χ0n) is 7.05. The van der Waals surface area contributed by atoms with Gasteiger partial charge in [-0.25, -0.2) is 0 Å². The van der Waals surface area contributed by atoms with E-state index < -0.39 is 5.97 Å². The van der Waals surface area contributed by atoms with Crippen molar-refractivity contribution >= 4 is 17.7 Å². The van der Waals surface area contributed by atoms with Gasteiger partial charge in [0, 0.05) is 18.1 Å². The molecule has 0 aromatic carbocycles. The Hall–Kier alpha value is 1.59. The third-order valence-corrected chi connectivity index (χ3v) is 1.83. The molecule has 0 heterocycles. The molecule has 0 atom stereocenters. The number of thioether (sulfide) groups is 1. The van der Waals surface area contributed by atoms with Gasteiger partial charge in [-0.05, 0) is 6.54 Å². The van der Waals surface area contributed by atoms with Crippen LogP contribution in [0.2, 0.25) is 0 Å². The molecule has 0 aromatic rings. The average Bonchev–Trinajstić information content (AvgIpc) is 1.87. The van der Waals surface area contributed by atoms with Gasteiger partial charge in [-0.15, -0.1) is 0 Å². The van der Waals surface area contributed by atoms with Crippen LogP contribution < -0.4 is 68.6 Å². The summed E-state index contributed by atoms with van der Waals surface area (Å²) in [6.45, 7) is 3.82. The van der Waals surface area contributed by atoms with Crippen LogP contribution in [0.5, 0.6) is 0 Å². The average molecular weight is 248 g/mol. The minimum atomic E-state index is -0.985. The fourth-order valence-electron chi connectivity index (χ4n) is 0.477. The largest absolute Gasteiger partial charge is 1.00 e. The monoisotopic (exact) mass is 247 g/mol. The van der Waals surface area contributed by atoms with E-state index in [1.54, 1.807) is 0 Å². The maximum Gasteiger partial charge on any atom is 1.00 e. The number of aliphatic carboxylic acids is 1. The molecule has 0 bridgehead atoms. The summed E-state index contributed by atoms with van der Waals surface area (Å²) in [5.74, 6) is -0.0470. The van der Waals surface area contributed by atoms with Gasteiger partial charge in [0.05, 0.1) is 5.97 Å². The molecule has 0 saturated heterocycles. The van der Waals surface area contributed by atoms with Crippen molar-refractivity contribution in [1.82, 2.24) is 5.32 Å². The summed E-state index contributed by atoms with van der Waals surface area (Å²) in [6.07, 6.45) is 0. The van der Waals surface area contributed by atoms with Crippen LogP contribution in [0.15, 0.2) is 0 Å². The number of carbonyl (C=O) groups is 1. The molecule has 0 aliphatic carbocycles. The van der Waals surface area contributed by atoms with Crippen LogP contribution in [0.3, 0.4) is 0 Å². The van der Waals surface area contributed by atoms with Crippen LogP contribution in [0.25, 0.3) is 0 Å². The maximum absolute atomic E-state index is 9.88. The zero-order valence-corrected chi connectivity index (χ0v) is 12.8. The Morgan fingerprint density at radius 2 is 2.27 bits per heavy atom. The summed E-state index contributed by atoms with van der Waals surface area (Å²) in [6, 6.07) is 0. The second-order valence-electron chi connectivity index (χ2n) is 1.78. The van der Waals surface area contributed by atoms with Gasteiger partial charge in [0.2, 0.25) is 0 Å². The fourth-order valence-corrected chi connectivity index (χ4v) is 1.08. The summed E-state index contributed by atoms with van der Waals surface area (Å²) in [5, 5.41) is 13.0. The number of hydrogen-bond acceptors (Lipinski definition) is 4. The Labute approximate surface area is 120 Å². The van der Waals surface area contributed by atoms with Crippen molar-refractivity contribution in [3.63, 3.8) is 0 Å². The van der Waals surface area contributed by atoms with E-state index in [1.807, 2.05) is 6.92 Å². The van der Waals surface area contributed by atoms with Gasteiger partial charge < -0.3 is 15.2 Å². The zero-order chi connectivity index (χ0) is 7.82. The first kappa shape index (κ1) is 15.1. The second-order valence-corrected chi connectivity index (χ2v) is 2.88. The van der Waals surface area contributed by atoms with Crippen molar-refractivity contribution in [3.05, 3.63) is 0 Å². The van der Waals surface area contributed by atoms with Gasteiger partial charge in [0.25, 0.3) is 0 Å². The number of carbonyl (C=O) groups excluding carboxylic acids is 1. The summed E-state index contributed by atoms with van der Waals surface area (Å²) in [5.41, 5.74) is 0. The predicted octanol–water partition coefficient (Wildman–Crippen LogP) is -3.92. The number of rotatable bonds is 6. The SMILES string of the molecule is CCNCCSCC(=O)[O-].[Rb+]. The van der Waals surface area contributed by atoms with Gasteiger partial charge in [0.15, 0.2) is 0 Å². The Morgan fingerprint density at radius 3 is 2.73 bits per heavy atom. The quantitative estimate of drug-likeness (QED) is 0.488. The van der Waals surface area contributed by atoms with Gasteiger partial charge in [-0.2, -0.15) is 11.8 Å². The molecule has 0 aliphatic rings. The van der Waals surface area contributed by atoms with E-state index >= 15 is 0 Å². The smallest absolute Gasteiger partial charge is 0.549 e. The molecule has 0 unspecified atom stereocenters. The van der Waals surface area contributed by atoms with Crippen LogP contribution in [0, 0.1) is 0 Å². The summed E-state index contributed by atoms with van der Waals surface area (Å²) in [4.78, 5) is 9.88. The van der Waals surface area contributed by atoms with Crippen LogP contribution in [-0.2, 0) is 4.79 Å². The fraction of sp³-hybridized carbons (Fsp3) is 0.833. The van der Waals surface area contributed by atoms with Crippen molar-refractivity contribution in [1.29, 1.82) is 0 Å². The molecule has 3 nitrogen and oxygen atoms in total. The summed E-state index contributed by atoms with van der Waals surface area (Å²) >= 11 is 1.38. The third kappa shape index (κ3) is 14.4. The molecule has 0 spiro atoms. The van der Waals surface area contributed by atoms with Crippen molar-refractivity contribution in [3.8, 4) is 0 Å². The minimum Gasteiger partial charge on any atom is -0.549 e. The first-order chi connectivity index (χ1) is 4.77. The minimum absolute atomic E-state index is 0. The van der Waals surface area contributed by atoms with Crippen molar-refractivity contribution < 1.29 is 68.1 Å². The van der Waals surface area contributed by atoms with Gasteiger partial charge >= 0.3 is 58.2 Å². The van der Waals surface area contributed by atoms with Crippen molar-refractivity contribution in [2.75, 3.05) is 24.6 Å². The summed E-state index contributed by atoms with van der Waals surface area (Å²) < 4.78 is 0. The van der Waals surface area contributed by atoms with E-state index in [1.165, 1.54) is 11.8 Å². The molecule has 0 amide bonds.